The van der Waals surface area contributed by atoms with Crippen molar-refractivity contribution >= 4 is 23.4 Å². The van der Waals surface area contributed by atoms with Crippen LogP contribution < -0.4 is 15.7 Å². The number of methoxy groups -OCH3 is 1. The van der Waals surface area contributed by atoms with Crippen molar-refractivity contribution in [3.05, 3.63) is 52.6 Å². The summed E-state index contributed by atoms with van der Waals surface area (Å²) in [5.41, 5.74) is 1.69. The van der Waals surface area contributed by atoms with E-state index in [9.17, 15) is 9.59 Å². The lowest BCUT2D eigenvalue weighted by atomic mass is 10.2. The van der Waals surface area contributed by atoms with Crippen LogP contribution in [0.1, 0.15) is 5.56 Å². The summed E-state index contributed by atoms with van der Waals surface area (Å²) in [4.78, 5) is 35.0. The molecule has 4 aromatic rings. The average Bonchev–Trinajstić information content (AvgIpc) is 3.32. The molecule has 0 saturated carbocycles. The highest BCUT2D eigenvalue weighted by molar-refractivity contribution is 5.89. The summed E-state index contributed by atoms with van der Waals surface area (Å²) >= 11 is 0. The van der Waals surface area contributed by atoms with Gasteiger partial charge in [-0.2, -0.15) is 5.10 Å². The fraction of sp³-hybridized carbons (Fsp3) is 0.118. The van der Waals surface area contributed by atoms with Crippen molar-refractivity contribution in [3.8, 4) is 17.3 Å². The van der Waals surface area contributed by atoms with Crippen LogP contribution in [0.5, 0.6) is 5.75 Å². The zero-order valence-corrected chi connectivity index (χ0v) is 14.3. The van der Waals surface area contributed by atoms with Crippen molar-refractivity contribution in [2.24, 2.45) is 0 Å². The zero-order chi connectivity index (χ0) is 18.8. The number of H-pyrrole nitrogens is 2. The van der Waals surface area contributed by atoms with Gasteiger partial charge in [0, 0.05) is 11.8 Å². The molecule has 3 aromatic heterocycles. The van der Waals surface area contributed by atoms with Gasteiger partial charge in [-0.25, -0.2) is 14.8 Å². The van der Waals surface area contributed by atoms with Crippen molar-refractivity contribution in [2.75, 3.05) is 12.4 Å². The molecule has 10 nitrogen and oxygen atoms in total. The van der Waals surface area contributed by atoms with Crippen LogP contribution in [-0.4, -0.2) is 43.2 Å². The van der Waals surface area contributed by atoms with E-state index in [1.807, 2.05) is 24.3 Å². The molecule has 0 aliphatic carbocycles. The van der Waals surface area contributed by atoms with Crippen LogP contribution in [0.2, 0.25) is 0 Å². The van der Waals surface area contributed by atoms with E-state index in [0.717, 1.165) is 5.56 Å². The molecule has 0 spiro atoms. The molecule has 0 fully saturated rings. The lowest BCUT2D eigenvalue weighted by Gasteiger charge is -2.09. The first-order chi connectivity index (χ1) is 13.2. The number of amides is 1. The minimum Gasteiger partial charge on any atom is -0.496 e. The molecule has 0 atom stereocenters. The average molecular weight is 365 g/mol. The van der Waals surface area contributed by atoms with Crippen LogP contribution in [0.3, 0.4) is 0 Å². The summed E-state index contributed by atoms with van der Waals surface area (Å²) in [5, 5.41) is 9.16. The number of ether oxygens (including phenoxy) is 1. The third kappa shape index (κ3) is 2.92. The van der Waals surface area contributed by atoms with Gasteiger partial charge in [-0.15, -0.1) is 0 Å². The van der Waals surface area contributed by atoms with Gasteiger partial charge in [0.05, 0.1) is 13.7 Å². The van der Waals surface area contributed by atoms with Gasteiger partial charge in [-0.3, -0.25) is 14.5 Å². The van der Waals surface area contributed by atoms with Crippen LogP contribution in [0.15, 0.2) is 41.3 Å². The molecule has 4 rings (SSSR count). The van der Waals surface area contributed by atoms with E-state index in [1.165, 1.54) is 4.57 Å². The third-order valence-corrected chi connectivity index (χ3v) is 4.08. The molecule has 3 heterocycles. The normalized spacial score (nSPS) is 10.9. The van der Waals surface area contributed by atoms with Gasteiger partial charge in [0.2, 0.25) is 6.41 Å². The van der Waals surface area contributed by atoms with Crippen LogP contribution in [-0.2, 0) is 11.3 Å². The second kappa shape index (κ2) is 6.75. The van der Waals surface area contributed by atoms with E-state index < -0.39 is 0 Å². The monoisotopic (exact) mass is 365 g/mol. The number of benzene rings is 1. The summed E-state index contributed by atoms with van der Waals surface area (Å²) in [7, 11) is 1.57. The molecule has 0 saturated heterocycles. The highest BCUT2D eigenvalue weighted by Crippen LogP contribution is 2.24. The number of nitrogens with one attached hydrogen (secondary N) is 3. The second-order valence-corrected chi connectivity index (χ2v) is 5.66. The van der Waals surface area contributed by atoms with Crippen molar-refractivity contribution in [1.82, 2.24) is 29.7 Å². The van der Waals surface area contributed by atoms with Crippen molar-refractivity contribution < 1.29 is 9.53 Å². The first kappa shape index (κ1) is 16.5. The number of aromatic amines is 2. The van der Waals surface area contributed by atoms with E-state index in [4.69, 9.17) is 4.74 Å². The maximum Gasteiger partial charge on any atom is 0.328 e. The molecule has 0 radical (unpaired) electrons. The second-order valence-electron chi connectivity index (χ2n) is 5.66. The van der Waals surface area contributed by atoms with E-state index in [1.54, 1.807) is 19.4 Å². The van der Waals surface area contributed by atoms with E-state index in [0.29, 0.717) is 34.8 Å². The van der Waals surface area contributed by atoms with Gasteiger partial charge in [-0.05, 0) is 12.1 Å². The zero-order valence-electron chi connectivity index (χ0n) is 14.3. The number of fused-ring (bicyclic) bond motifs is 1. The maximum atomic E-state index is 12.6. The first-order valence-corrected chi connectivity index (χ1v) is 8.03. The summed E-state index contributed by atoms with van der Waals surface area (Å²) < 4.78 is 6.82. The Balaban J connectivity index is 1.91. The van der Waals surface area contributed by atoms with Crippen LogP contribution in [0.25, 0.3) is 22.7 Å². The van der Waals surface area contributed by atoms with Crippen LogP contribution in [0, 0.1) is 0 Å². The molecule has 1 aromatic carbocycles. The summed E-state index contributed by atoms with van der Waals surface area (Å²) in [5.74, 6) is 1.17. The Morgan fingerprint density at radius 1 is 1.26 bits per heavy atom. The van der Waals surface area contributed by atoms with Crippen LogP contribution in [0.4, 0.5) is 5.82 Å². The Labute approximate surface area is 152 Å². The van der Waals surface area contributed by atoms with Gasteiger partial charge in [0.15, 0.2) is 17.3 Å². The van der Waals surface area contributed by atoms with Gasteiger partial charge in [0.25, 0.3) is 0 Å². The summed E-state index contributed by atoms with van der Waals surface area (Å²) in [6, 6.07) is 9.10. The minimum absolute atomic E-state index is 0.204. The highest BCUT2D eigenvalue weighted by Gasteiger charge is 2.17. The Morgan fingerprint density at radius 3 is 2.85 bits per heavy atom. The van der Waals surface area contributed by atoms with Crippen LogP contribution >= 0.6 is 0 Å². The molecule has 27 heavy (non-hydrogen) atoms. The number of carbonyl (C=O) groups is 1. The van der Waals surface area contributed by atoms with E-state index in [-0.39, 0.29) is 18.1 Å². The number of para-hydroxylation sites is 1. The number of carbonyl (C=O) groups excluding carboxylic acids is 1. The molecule has 0 aliphatic heterocycles. The van der Waals surface area contributed by atoms with Crippen molar-refractivity contribution in [1.29, 1.82) is 0 Å². The predicted molar refractivity (Wildman–Crippen MR) is 97.5 cm³/mol. The Bertz CT molecular complexity index is 1160. The van der Waals surface area contributed by atoms with E-state index in [2.05, 4.69) is 30.5 Å². The molecule has 136 valence electrons. The van der Waals surface area contributed by atoms with Gasteiger partial charge < -0.3 is 15.0 Å². The number of aromatic nitrogens is 6. The number of anilines is 1. The lowest BCUT2D eigenvalue weighted by molar-refractivity contribution is -0.105. The Morgan fingerprint density at radius 2 is 2.11 bits per heavy atom. The quantitative estimate of drug-likeness (QED) is 0.439. The van der Waals surface area contributed by atoms with Gasteiger partial charge >= 0.3 is 5.69 Å². The standard InChI is InChI=1S/C17H15N7O3/c1-27-12-5-3-2-4-10(12)8-24-16-13(20-17(24)26)15(18-9-25)21-14(22-16)11-6-7-19-23-11/h2-7,9H,8H2,1H3,(H,19,23)(H,20,26)(H,18,21,22,25). The summed E-state index contributed by atoms with van der Waals surface area (Å²) in [6.07, 6.45) is 2.06. The number of nitrogens with zero attached hydrogens (tertiary/aromatic N) is 4. The Hall–Kier alpha value is -3.95. The molecule has 10 heteroatoms. The summed E-state index contributed by atoms with van der Waals surface area (Å²) in [6.45, 7) is 0.239. The third-order valence-electron chi connectivity index (χ3n) is 4.08. The SMILES string of the molecule is COc1ccccc1Cn1c(=O)[nH]c2c(NC=O)nc(-c3ccn[nH]3)nc21. The van der Waals surface area contributed by atoms with Gasteiger partial charge in [0.1, 0.15) is 17.0 Å². The molecule has 0 bridgehead atoms. The van der Waals surface area contributed by atoms with E-state index >= 15 is 0 Å². The van der Waals surface area contributed by atoms with Crippen molar-refractivity contribution in [2.45, 2.75) is 6.54 Å². The fourth-order valence-electron chi connectivity index (χ4n) is 2.84. The first-order valence-electron chi connectivity index (χ1n) is 8.03. The highest BCUT2D eigenvalue weighted by atomic mass is 16.5. The Kier molecular flexibility index (Phi) is 4.13. The number of imidazole rings is 1. The molecule has 0 unspecified atom stereocenters. The smallest absolute Gasteiger partial charge is 0.328 e. The predicted octanol–water partition coefficient (Wildman–Crippen LogP) is 1.13. The number of hydrogen-bond acceptors (Lipinski definition) is 6. The molecular weight excluding hydrogens is 350 g/mol. The lowest BCUT2D eigenvalue weighted by Crippen LogP contribution is -2.18. The molecule has 0 aliphatic rings. The topological polar surface area (TPSA) is 131 Å². The van der Waals surface area contributed by atoms with Gasteiger partial charge in [-0.1, -0.05) is 18.2 Å². The van der Waals surface area contributed by atoms with Crippen molar-refractivity contribution in [3.63, 3.8) is 0 Å². The molecule has 1 amide bonds. The number of hydrogen-bond donors (Lipinski definition) is 3. The molecule has 3 N–H and O–H groups in total. The molecular formula is C17H15N7O3. The number of rotatable bonds is 6. The minimum atomic E-state index is -0.374. The largest absolute Gasteiger partial charge is 0.496 e. The fourth-order valence-corrected chi connectivity index (χ4v) is 2.84. The maximum absolute atomic E-state index is 12.6.